The van der Waals surface area contributed by atoms with Gasteiger partial charge in [-0.05, 0) is 23.8 Å². The third-order valence-corrected chi connectivity index (χ3v) is 3.76. The predicted octanol–water partition coefficient (Wildman–Crippen LogP) is 0.367. The number of nitrogens with one attached hydrogen (secondary N) is 1. The Balaban J connectivity index is 2.47. The van der Waals surface area contributed by atoms with Crippen LogP contribution in [0.5, 0.6) is 0 Å². The maximum Gasteiger partial charge on any atom is 0.306 e. The first-order valence-corrected chi connectivity index (χ1v) is 6.90. The second-order valence-corrected chi connectivity index (χ2v) is 5.72. The summed E-state index contributed by atoms with van der Waals surface area (Å²) in [6, 6.07) is 1.60. The van der Waals surface area contributed by atoms with Gasteiger partial charge in [-0.15, -0.1) is 5.10 Å². The summed E-state index contributed by atoms with van der Waals surface area (Å²) in [5.74, 6) is -1.39. The number of nitrogens with zero attached hydrogens (tertiary/aromatic N) is 5. The van der Waals surface area contributed by atoms with Gasteiger partial charge in [0.25, 0.3) is 16.0 Å². The number of sulfonamides is 1. The number of hydrogen-bond acceptors (Lipinski definition) is 7. The fourth-order valence-corrected chi connectivity index (χ4v) is 2.55. The van der Waals surface area contributed by atoms with E-state index in [9.17, 15) is 22.9 Å². The summed E-state index contributed by atoms with van der Waals surface area (Å²) in [6.07, 6.45) is 0. The molecule has 0 radical (unpaired) electrons. The van der Waals surface area contributed by atoms with Gasteiger partial charge in [-0.1, -0.05) is 5.10 Å². The number of tetrazole rings is 1. The van der Waals surface area contributed by atoms with E-state index in [1.165, 1.54) is 14.0 Å². The molecule has 112 valence electrons. The Bertz CT molecular complexity index is 818. The number of nitro benzene ring substituents is 1. The van der Waals surface area contributed by atoms with Gasteiger partial charge in [0.05, 0.1) is 16.9 Å². The maximum absolute atomic E-state index is 13.6. The van der Waals surface area contributed by atoms with E-state index in [1.54, 1.807) is 0 Å². The van der Waals surface area contributed by atoms with Crippen molar-refractivity contribution in [2.75, 3.05) is 4.72 Å². The molecule has 0 saturated carbocycles. The van der Waals surface area contributed by atoms with Crippen molar-refractivity contribution in [1.82, 2.24) is 20.2 Å². The monoisotopic (exact) mass is 316 g/mol. The summed E-state index contributed by atoms with van der Waals surface area (Å²) in [6.45, 7) is 1.22. The maximum atomic E-state index is 13.6. The van der Waals surface area contributed by atoms with Gasteiger partial charge < -0.3 is 0 Å². The number of nitro groups is 1. The van der Waals surface area contributed by atoms with E-state index >= 15 is 0 Å². The lowest BCUT2D eigenvalue weighted by Gasteiger charge is -2.06. The van der Waals surface area contributed by atoms with E-state index in [1.807, 2.05) is 4.72 Å². The van der Waals surface area contributed by atoms with Crippen molar-refractivity contribution in [2.45, 2.75) is 11.8 Å². The van der Waals surface area contributed by atoms with Gasteiger partial charge in [0.2, 0.25) is 5.82 Å². The van der Waals surface area contributed by atoms with Gasteiger partial charge >= 0.3 is 5.69 Å². The summed E-state index contributed by atoms with van der Waals surface area (Å²) in [5.41, 5.74) is -1.10. The molecule has 0 bridgehead atoms. The van der Waals surface area contributed by atoms with Gasteiger partial charge in [-0.3, -0.25) is 10.1 Å². The molecule has 0 aliphatic carbocycles. The zero-order valence-electron chi connectivity index (χ0n) is 10.8. The highest BCUT2D eigenvalue weighted by molar-refractivity contribution is 7.92. The van der Waals surface area contributed by atoms with Gasteiger partial charge in [0.1, 0.15) is 0 Å². The number of aromatic nitrogens is 4. The average molecular weight is 316 g/mol. The molecule has 0 fully saturated rings. The number of hydrogen-bond donors (Lipinski definition) is 1. The molecule has 1 aromatic heterocycles. The van der Waals surface area contributed by atoms with Gasteiger partial charge in [0, 0.05) is 6.07 Å². The first kappa shape index (κ1) is 14.8. The van der Waals surface area contributed by atoms with Crippen LogP contribution in [0.2, 0.25) is 0 Å². The molecule has 0 unspecified atom stereocenters. The number of halogens is 1. The van der Waals surface area contributed by atoms with Crippen molar-refractivity contribution in [3.8, 4) is 0 Å². The van der Waals surface area contributed by atoms with Crippen molar-refractivity contribution in [1.29, 1.82) is 0 Å². The Kier molecular flexibility index (Phi) is 3.55. The number of benzene rings is 1. The lowest BCUT2D eigenvalue weighted by atomic mass is 10.2. The lowest BCUT2D eigenvalue weighted by Crippen LogP contribution is -2.15. The molecule has 0 spiro atoms. The largest absolute Gasteiger partial charge is 0.306 e. The first-order chi connectivity index (χ1) is 9.70. The number of aryl methyl sites for hydroxylation is 2. The summed E-state index contributed by atoms with van der Waals surface area (Å²) in [5, 5.41) is 21.2. The quantitative estimate of drug-likeness (QED) is 0.636. The highest BCUT2D eigenvalue weighted by atomic mass is 32.2. The van der Waals surface area contributed by atoms with Crippen LogP contribution in [0.3, 0.4) is 0 Å². The molecule has 0 aliphatic rings. The summed E-state index contributed by atoms with van der Waals surface area (Å²) in [4.78, 5) is 10.3. The van der Waals surface area contributed by atoms with E-state index < -0.39 is 31.3 Å². The summed E-state index contributed by atoms with van der Waals surface area (Å²) >= 11 is 0. The van der Waals surface area contributed by atoms with Crippen LogP contribution in [0, 0.1) is 22.9 Å². The Hall–Kier alpha value is -2.63. The highest BCUT2D eigenvalue weighted by Gasteiger charge is 2.24. The van der Waals surface area contributed by atoms with Crippen molar-refractivity contribution >= 4 is 21.7 Å². The Labute approximate surface area is 117 Å². The van der Waals surface area contributed by atoms with Gasteiger partial charge in [0.15, 0.2) is 0 Å². The number of rotatable bonds is 4. The van der Waals surface area contributed by atoms with Crippen LogP contribution in [0.1, 0.15) is 5.56 Å². The normalized spacial score (nSPS) is 11.4. The molecule has 0 atom stereocenters. The standard InChI is InChI=1S/C9H9FN6O4S/c1-5-3-6(4-7(8(5)10)16(17)18)21(19,20)13-9-11-14-15(2)12-9/h3-4H,1-2H3,(H,12,13). The molecule has 1 N–H and O–H groups in total. The van der Waals surface area contributed by atoms with Crippen molar-refractivity contribution in [3.63, 3.8) is 0 Å². The topological polar surface area (TPSA) is 133 Å². The van der Waals surface area contributed by atoms with E-state index in [0.29, 0.717) is 6.07 Å². The van der Waals surface area contributed by atoms with Crippen LogP contribution < -0.4 is 4.72 Å². The fraction of sp³-hybridized carbons (Fsp3) is 0.222. The van der Waals surface area contributed by atoms with Crippen LogP contribution >= 0.6 is 0 Å². The van der Waals surface area contributed by atoms with Crippen LogP contribution in [0.15, 0.2) is 17.0 Å². The SMILES string of the molecule is Cc1cc(S(=O)(=O)Nc2nnn(C)n2)cc([N+](=O)[O-])c1F. The highest BCUT2D eigenvalue weighted by Crippen LogP contribution is 2.25. The number of anilines is 1. The van der Waals surface area contributed by atoms with Crippen LogP contribution in [0.25, 0.3) is 0 Å². The second-order valence-electron chi connectivity index (χ2n) is 4.04. The molecule has 1 aromatic carbocycles. The Morgan fingerprint density at radius 1 is 1.43 bits per heavy atom. The van der Waals surface area contributed by atoms with E-state index in [0.717, 1.165) is 10.9 Å². The second kappa shape index (κ2) is 5.05. The van der Waals surface area contributed by atoms with E-state index in [2.05, 4.69) is 15.4 Å². The minimum atomic E-state index is -4.19. The van der Waals surface area contributed by atoms with E-state index in [4.69, 9.17) is 0 Å². The van der Waals surface area contributed by atoms with Crippen molar-refractivity contribution in [2.24, 2.45) is 7.05 Å². The molecule has 2 rings (SSSR count). The fourth-order valence-electron chi connectivity index (χ4n) is 1.51. The molecule has 2 aromatic rings. The molecule has 12 heteroatoms. The van der Waals surface area contributed by atoms with Crippen LogP contribution in [-0.4, -0.2) is 33.5 Å². The van der Waals surface area contributed by atoms with Crippen molar-refractivity contribution in [3.05, 3.63) is 33.6 Å². The molecule has 1 heterocycles. The molecular weight excluding hydrogens is 307 g/mol. The lowest BCUT2D eigenvalue weighted by molar-refractivity contribution is -0.387. The Morgan fingerprint density at radius 3 is 2.62 bits per heavy atom. The molecule has 0 aliphatic heterocycles. The zero-order valence-corrected chi connectivity index (χ0v) is 11.6. The summed E-state index contributed by atoms with van der Waals surface area (Å²) < 4.78 is 39.7. The smallest absolute Gasteiger partial charge is 0.258 e. The average Bonchev–Trinajstić information content (AvgIpc) is 2.76. The van der Waals surface area contributed by atoms with Gasteiger partial charge in [-0.25, -0.2) is 13.1 Å². The molecule has 10 nitrogen and oxygen atoms in total. The van der Waals surface area contributed by atoms with E-state index in [-0.39, 0.29) is 11.5 Å². The Morgan fingerprint density at radius 2 is 2.10 bits per heavy atom. The molecule has 0 amide bonds. The predicted molar refractivity (Wildman–Crippen MR) is 67.4 cm³/mol. The molecule has 21 heavy (non-hydrogen) atoms. The van der Waals surface area contributed by atoms with Crippen LogP contribution in [-0.2, 0) is 17.1 Å². The molecule has 0 saturated heterocycles. The summed E-state index contributed by atoms with van der Waals surface area (Å²) in [7, 11) is -2.77. The van der Waals surface area contributed by atoms with Crippen LogP contribution in [0.4, 0.5) is 16.0 Å². The molecular formula is C9H9FN6O4S. The van der Waals surface area contributed by atoms with Gasteiger partial charge in [-0.2, -0.15) is 9.19 Å². The van der Waals surface area contributed by atoms with Crippen molar-refractivity contribution < 1.29 is 17.7 Å². The minimum Gasteiger partial charge on any atom is -0.258 e. The third kappa shape index (κ3) is 2.94. The first-order valence-electron chi connectivity index (χ1n) is 5.42. The zero-order chi connectivity index (χ0) is 15.8. The minimum absolute atomic E-state index is 0.170. The third-order valence-electron chi connectivity index (χ3n) is 2.45.